The standard InChI is InChI=1S/C10H18N2O/c1-7-3-2-6-10(7,9(11)13)12-8-4-5-8/h7-8,12H,2-6H2,1H3,(H2,11,13). The Hall–Kier alpha value is -0.570. The van der Waals surface area contributed by atoms with E-state index in [1.165, 1.54) is 12.8 Å². The number of hydrogen-bond donors (Lipinski definition) is 2. The van der Waals surface area contributed by atoms with Crippen LogP contribution in [0.25, 0.3) is 0 Å². The number of amides is 1. The fourth-order valence-electron chi connectivity index (χ4n) is 2.42. The van der Waals surface area contributed by atoms with E-state index in [0.717, 1.165) is 19.3 Å². The molecule has 0 aromatic heterocycles. The summed E-state index contributed by atoms with van der Waals surface area (Å²) in [7, 11) is 0. The van der Waals surface area contributed by atoms with Gasteiger partial charge >= 0.3 is 0 Å². The maximum atomic E-state index is 11.5. The lowest BCUT2D eigenvalue weighted by Gasteiger charge is -2.31. The van der Waals surface area contributed by atoms with Crippen LogP contribution in [0.1, 0.15) is 39.0 Å². The largest absolute Gasteiger partial charge is 0.368 e. The molecule has 0 saturated heterocycles. The molecule has 2 aliphatic rings. The molecule has 2 fully saturated rings. The van der Waals surface area contributed by atoms with E-state index >= 15 is 0 Å². The molecule has 2 unspecified atom stereocenters. The maximum Gasteiger partial charge on any atom is 0.238 e. The average Bonchev–Trinajstić information content (AvgIpc) is 2.78. The van der Waals surface area contributed by atoms with Crippen molar-refractivity contribution in [3.05, 3.63) is 0 Å². The van der Waals surface area contributed by atoms with Crippen LogP contribution in [-0.4, -0.2) is 17.5 Å². The van der Waals surface area contributed by atoms with Crippen LogP contribution in [0.15, 0.2) is 0 Å². The zero-order valence-corrected chi connectivity index (χ0v) is 8.18. The molecule has 0 spiro atoms. The molecule has 2 saturated carbocycles. The highest BCUT2D eigenvalue weighted by Crippen LogP contribution is 2.38. The fourth-order valence-corrected chi connectivity index (χ4v) is 2.42. The second kappa shape index (κ2) is 2.98. The monoisotopic (exact) mass is 182 g/mol. The van der Waals surface area contributed by atoms with Crippen LogP contribution in [0.2, 0.25) is 0 Å². The van der Waals surface area contributed by atoms with Gasteiger partial charge in [-0.15, -0.1) is 0 Å². The molecule has 0 aliphatic heterocycles. The minimum atomic E-state index is -0.374. The Morgan fingerprint density at radius 1 is 1.46 bits per heavy atom. The maximum absolute atomic E-state index is 11.5. The van der Waals surface area contributed by atoms with Crippen LogP contribution in [-0.2, 0) is 4.79 Å². The van der Waals surface area contributed by atoms with E-state index in [1.807, 2.05) is 0 Å². The molecule has 1 amide bonds. The van der Waals surface area contributed by atoms with E-state index in [4.69, 9.17) is 5.73 Å². The van der Waals surface area contributed by atoms with Crippen molar-refractivity contribution in [2.75, 3.05) is 0 Å². The van der Waals surface area contributed by atoms with Crippen LogP contribution >= 0.6 is 0 Å². The highest BCUT2D eigenvalue weighted by molar-refractivity contribution is 5.85. The second-order valence-corrected chi connectivity index (χ2v) is 4.55. The molecular weight excluding hydrogens is 164 g/mol. The van der Waals surface area contributed by atoms with Gasteiger partial charge < -0.3 is 11.1 Å². The molecule has 3 N–H and O–H groups in total. The summed E-state index contributed by atoms with van der Waals surface area (Å²) >= 11 is 0. The summed E-state index contributed by atoms with van der Waals surface area (Å²) in [6.07, 6.45) is 5.61. The molecule has 0 radical (unpaired) electrons. The molecule has 2 atom stereocenters. The first-order valence-corrected chi connectivity index (χ1v) is 5.23. The minimum Gasteiger partial charge on any atom is -0.368 e. The van der Waals surface area contributed by atoms with Crippen LogP contribution in [0.3, 0.4) is 0 Å². The third kappa shape index (κ3) is 1.46. The Balaban J connectivity index is 2.12. The summed E-state index contributed by atoms with van der Waals surface area (Å²) in [5.41, 5.74) is 5.12. The molecule has 0 aromatic rings. The predicted molar refractivity (Wildman–Crippen MR) is 51.1 cm³/mol. The molecule has 2 rings (SSSR count). The zero-order chi connectivity index (χ0) is 9.47. The van der Waals surface area contributed by atoms with E-state index in [1.54, 1.807) is 0 Å². The Morgan fingerprint density at radius 3 is 2.54 bits per heavy atom. The van der Waals surface area contributed by atoms with Gasteiger partial charge in [-0.25, -0.2) is 0 Å². The van der Waals surface area contributed by atoms with Gasteiger partial charge in [0, 0.05) is 6.04 Å². The van der Waals surface area contributed by atoms with Crippen molar-refractivity contribution < 1.29 is 4.79 Å². The van der Waals surface area contributed by atoms with E-state index in [2.05, 4.69) is 12.2 Å². The molecule has 0 aromatic carbocycles. The molecule has 3 nitrogen and oxygen atoms in total. The number of primary amides is 1. The quantitative estimate of drug-likeness (QED) is 0.677. The van der Waals surface area contributed by atoms with E-state index in [9.17, 15) is 4.79 Å². The van der Waals surface area contributed by atoms with Crippen molar-refractivity contribution in [2.45, 2.75) is 50.6 Å². The summed E-state index contributed by atoms with van der Waals surface area (Å²) in [6.45, 7) is 2.13. The predicted octanol–water partition coefficient (Wildman–Crippen LogP) is 0.783. The molecule has 0 heterocycles. The van der Waals surface area contributed by atoms with Gasteiger partial charge in [-0.2, -0.15) is 0 Å². The zero-order valence-electron chi connectivity index (χ0n) is 8.18. The fraction of sp³-hybridized carbons (Fsp3) is 0.900. The lowest BCUT2D eigenvalue weighted by atomic mass is 9.87. The topological polar surface area (TPSA) is 55.1 Å². The summed E-state index contributed by atoms with van der Waals surface area (Å²) in [5.74, 6) is 0.259. The Labute approximate surface area is 79.1 Å². The Kier molecular flexibility index (Phi) is 2.06. The van der Waals surface area contributed by atoms with Crippen molar-refractivity contribution in [1.82, 2.24) is 5.32 Å². The first-order chi connectivity index (χ1) is 6.15. The van der Waals surface area contributed by atoms with Crippen molar-refractivity contribution in [1.29, 1.82) is 0 Å². The first-order valence-electron chi connectivity index (χ1n) is 5.23. The smallest absolute Gasteiger partial charge is 0.238 e. The van der Waals surface area contributed by atoms with Crippen LogP contribution in [0, 0.1) is 5.92 Å². The van der Waals surface area contributed by atoms with Crippen molar-refractivity contribution in [3.8, 4) is 0 Å². The third-order valence-corrected chi connectivity index (χ3v) is 3.53. The number of hydrogen-bond acceptors (Lipinski definition) is 2. The van der Waals surface area contributed by atoms with Crippen LogP contribution < -0.4 is 11.1 Å². The van der Waals surface area contributed by atoms with Crippen LogP contribution in [0.4, 0.5) is 0 Å². The van der Waals surface area contributed by atoms with Gasteiger partial charge in [0.2, 0.25) is 5.91 Å². The van der Waals surface area contributed by atoms with Gasteiger partial charge in [0.05, 0.1) is 0 Å². The summed E-state index contributed by atoms with van der Waals surface area (Å²) in [4.78, 5) is 11.5. The lowest BCUT2D eigenvalue weighted by molar-refractivity contribution is -0.125. The first kappa shape index (κ1) is 9.00. The van der Waals surface area contributed by atoms with Gasteiger partial charge in [0.15, 0.2) is 0 Å². The SMILES string of the molecule is CC1CCCC1(NC1CC1)C(N)=O. The van der Waals surface area contributed by atoms with E-state index in [-0.39, 0.29) is 11.4 Å². The molecular formula is C10H18N2O. The van der Waals surface area contributed by atoms with Gasteiger partial charge in [0.1, 0.15) is 5.54 Å². The number of carbonyl (C=O) groups is 1. The minimum absolute atomic E-state index is 0.149. The lowest BCUT2D eigenvalue weighted by Crippen LogP contribution is -2.58. The number of carbonyl (C=O) groups excluding carboxylic acids is 1. The second-order valence-electron chi connectivity index (χ2n) is 4.55. The average molecular weight is 182 g/mol. The molecule has 2 aliphatic carbocycles. The normalized spacial score (nSPS) is 39.3. The number of nitrogens with two attached hydrogens (primary N) is 1. The highest BCUT2D eigenvalue weighted by atomic mass is 16.1. The molecule has 13 heavy (non-hydrogen) atoms. The van der Waals surface area contributed by atoms with Gasteiger partial charge in [0.25, 0.3) is 0 Å². The van der Waals surface area contributed by atoms with Gasteiger partial charge in [-0.3, -0.25) is 4.79 Å². The Morgan fingerprint density at radius 2 is 2.15 bits per heavy atom. The summed E-state index contributed by atoms with van der Waals surface area (Å²) < 4.78 is 0. The van der Waals surface area contributed by atoms with E-state index < -0.39 is 0 Å². The van der Waals surface area contributed by atoms with E-state index in [0.29, 0.717) is 12.0 Å². The third-order valence-electron chi connectivity index (χ3n) is 3.53. The summed E-state index contributed by atoms with van der Waals surface area (Å²) in [6, 6.07) is 0.563. The molecule has 3 heteroatoms. The molecule has 74 valence electrons. The van der Waals surface area contributed by atoms with Crippen LogP contribution in [0.5, 0.6) is 0 Å². The van der Waals surface area contributed by atoms with Crippen molar-refractivity contribution in [2.24, 2.45) is 11.7 Å². The van der Waals surface area contributed by atoms with Crippen molar-refractivity contribution >= 4 is 5.91 Å². The number of nitrogens with one attached hydrogen (secondary N) is 1. The van der Waals surface area contributed by atoms with Crippen molar-refractivity contribution in [3.63, 3.8) is 0 Å². The van der Waals surface area contributed by atoms with Gasteiger partial charge in [-0.05, 0) is 31.6 Å². The Bertz CT molecular complexity index is 225. The summed E-state index contributed by atoms with van der Waals surface area (Å²) in [5, 5.41) is 3.44. The van der Waals surface area contributed by atoms with Gasteiger partial charge in [-0.1, -0.05) is 13.3 Å². The molecule has 0 bridgehead atoms. The number of rotatable bonds is 3. The highest BCUT2D eigenvalue weighted by Gasteiger charge is 2.47.